The summed E-state index contributed by atoms with van der Waals surface area (Å²) in [6.45, 7) is 6.68. The summed E-state index contributed by atoms with van der Waals surface area (Å²) in [5, 5.41) is 2.51. The molecule has 0 rings (SSSR count). The average molecular weight is 243 g/mol. The molecule has 100 valence electrons. The predicted octanol–water partition coefficient (Wildman–Crippen LogP) is 0.344. The molecule has 0 bridgehead atoms. The molecule has 0 aliphatic rings. The molecule has 0 radical (unpaired) electrons. The SMILES string of the molecule is CCCN(CC(=O)NC)C(=O)[C@@H](N)CC(C)C. The number of likely N-dealkylation sites (N-methyl/N-ethyl adjacent to an activating group) is 1. The predicted molar refractivity (Wildman–Crippen MR) is 68.4 cm³/mol. The van der Waals surface area contributed by atoms with Crippen LogP contribution in [0.5, 0.6) is 0 Å². The molecule has 0 aromatic rings. The van der Waals surface area contributed by atoms with E-state index in [2.05, 4.69) is 5.32 Å². The Labute approximate surface area is 104 Å². The van der Waals surface area contributed by atoms with E-state index in [9.17, 15) is 9.59 Å². The minimum Gasteiger partial charge on any atom is -0.358 e. The van der Waals surface area contributed by atoms with Crippen LogP contribution >= 0.6 is 0 Å². The number of amides is 2. The first-order valence-electron chi connectivity index (χ1n) is 6.17. The van der Waals surface area contributed by atoms with Gasteiger partial charge in [0, 0.05) is 13.6 Å². The highest BCUT2D eigenvalue weighted by atomic mass is 16.2. The van der Waals surface area contributed by atoms with Gasteiger partial charge in [-0.25, -0.2) is 0 Å². The lowest BCUT2D eigenvalue weighted by molar-refractivity contribution is -0.137. The molecule has 17 heavy (non-hydrogen) atoms. The molecule has 0 aliphatic carbocycles. The fourth-order valence-electron chi connectivity index (χ4n) is 1.63. The van der Waals surface area contributed by atoms with E-state index in [-0.39, 0.29) is 18.4 Å². The quantitative estimate of drug-likeness (QED) is 0.677. The van der Waals surface area contributed by atoms with Gasteiger partial charge in [0.2, 0.25) is 11.8 Å². The number of rotatable bonds is 7. The van der Waals surface area contributed by atoms with Crippen LogP contribution in [0.15, 0.2) is 0 Å². The summed E-state index contributed by atoms with van der Waals surface area (Å²) >= 11 is 0. The summed E-state index contributed by atoms with van der Waals surface area (Å²) in [4.78, 5) is 24.9. The molecule has 5 nitrogen and oxygen atoms in total. The van der Waals surface area contributed by atoms with Crippen LogP contribution in [0.2, 0.25) is 0 Å². The molecule has 0 fully saturated rings. The molecule has 1 atom stereocenters. The van der Waals surface area contributed by atoms with Gasteiger partial charge in [-0.15, -0.1) is 0 Å². The Hall–Kier alpha value is -1.10. The highest BCUT2D eigenvalue weighted by Crippen LogP contribution is 2.06. The fourth-order valence-corrected chi connectivity index (χ4v) is 1.63. The second-order valence-corrected chi connectivity index (χ2v) is 4.67. The second kappa shape index (κ2) is 8.06. The Balaban J connectivity index is 4.46. The Morgan fingerprint density at radius 1 is 1.35 bits per heavy atom. The maximum Gasteiger partial charge on any atom is 0.239 e. The molecule has 0 aliphatic heterocycles. The molecule has 0 saturated heterocycles. The largest absolute Gasteiger partial charge is 0.358 e. The topological polar surface area (TPSA) is 75.4 Å². The van der Waals surface area contributed by atoms with Gasteiger partial charge >= 0.3 is 0 Å². The maximum absolute atomic E-state index is 12.0. The van der Waals surface area contributed by atoms with Crippen molar-refractivity contribution in [2.24, 2.45) is 11.7 Å². The van der Waals surface area contributed by atoms with Gasteiger partial charge in [0.1, 0.15) is 0 Å². The summed E-state index contributed by atoms with van der Waals surface area (Å²) < 4.78 is 0. The van der Waals surface area contributed by atoms with Gasteiger partial charge in [-0.2, -0.15) is 0 Å². The van der Waals surface area contributed by atoms with Crippen molar-refractivity contribution in [2.75, 3.05) is 20.1 Å². The lowest BCUT2D eigenvalue weighted by atomic mass is 10.0. The highest BCUT2D eigenvalue weighted by Gasteiger charge is 2.22. The highest BCUT2D eigenvalue weighted by molar-refractivity contribution is 5.87. The fraction of sp³-hybridized carbons (Fsp3) is 0.833. The summed E-state index contributed by atoms with van der Waals surface area (Å²) in [7, 11) is 1.56. The first-order chi connectivity index (χ1) is 7.92. The van der Waals surface area contributed by atoms with Crippen molar-refractivity contribution in [1.29, 1.82) is 0 Å². The van der Waals surface area contributed by atoms with Crippen LogP contribution in [0.4, 0.5) is 0 Å². The normalized spacial score (nSPS) is 12.4. The van der Waals surface area contributed by atoms with E-state index in [4.69, 9.17) is 5.73 Å². The number of hydrogen-bond acceptors (Lipinski definition) is 3. The summed E-state index contributed by atoms with van der Waals surface area (Å²) in [5.74, 6) is 0.0742. The van der Waals surface area contributed by atoms with Crippen molar-refractivity contribution < 1.29 is 9.59 Å². The molecule has 2 amide bonds. The molecular formula is C12H25N3O2. The molecule has 5 heteroatoms. The van der Waals surface area contributed by atoms with Crippen LogP contribution in [0, 0.1) is 5.92 Å². The van der Waals surface area contributed by atoms with E-state index in [0.29, 0.717) is 18.9 Å². The molecule has 0 unspecified atom stereocenters. The molecular weight excluding hydrogens is 218 g/mol. The van der Waals surface area contributed by atoms with Crippen LogP contribution in [0.1, 0.15) is 33.6 Å². The van der Waals surface area contributed by atoms with E-state index >= 15 is 0 Å². The van der Waals surface area contributed by atoms with E-state index < -0.39 is 6.04 Å². The van der Waals surface area contributed by atoms with Crippen molar-refractivity contribution in [3.8, 4) is 0 Å². The zero-order valence-electron chi connectivity index (χ0n) is 11.3. The first-order valence-corrected chi connectivity index (χ1v) is 6.17. The van der Waals surface area contributed by atoms with E-state index in [1.54, 1.807) is 7.05 Å². The summed E-state index contributed by atoms with van der Waals surface area (Å²) in [6, 6.07) is -0.508. The monoisotopic (exact) mass is 243 g/mol. The van der Waals surface area contributed by atoms with Crippen LogP contribution in [-0.2, 0) is 9.59 Å². The second-order valence-electron chi connectivity index (χ2n) is 4.67. The molecule has 0 saturated carbocycles. The van der Waals surface area contributed by atoms with Gasteiger partial charge in [-0.1, -0.05) is 20.8 Å². The number of carbonyl (C=O) groups is 2. The summed E-state index contributed by atoms with van der Waals surface area (Å²) in [6.07, 6.45) is 1.46. The molecule has 0 heterocycles. The Kier molecular flexibility index (Phi) is 7.54. The number of nitrogens with two attached hydrogens (primary N) is 1. The van der Waals surface area contributed by atoms with Crippen LogP contribution < -0.4 is 11.1 Å². The van der Waals surface area contributed by atoms with Crippen molar-refractivity contribution in [3.05, 3.63) is 0 Å². The minimum absolute atomic E-state index is 0.0922. The Bertz CT molecular complexity index is 254. The first kappa shape index (κ1) is 15.9. The molecule has 0 aromatic carbocycles. The van der Waals surface area contributed by atoms with Crippen molar-refractivity contribution >= 4 is 11.8 Å². The number of hydrogen-bond donors (Lipinski definition) is 2. The van der Waals surface area contributed by atoms with Gasteiger partial charge in [0.25, 0.3) is 0 Å². The van der Waals surface area contributed by atoms with Crippen LogP contribution in [0.25, 0.3) is 0 Å². The average Bonchev–Trinajstić information content (AvgIpc) is 2.26. The van der Waals surface area contributed by atoms with Crippen LogP contribution in [0.3, 0.4) is 0 Å². The zero-order valence-corrected chi connectivity index (χ0v) is 11.3. The van der Waals surface area contributed by atoms with Crippen molar-refractivity contribution in [1.82, 2.24) is 10.2 Å². The molecule has 3 N–H and O–H groups in total. The van der Waals surface area contributed by atoms with E-state index in [0.717, 1.165) is 6.42 Å². The standard InChI is InChI=1S/C12H25N3O2/c1-5-6-15(8-11(16)14-4)12(17)10(13)7-9(2)3/h9-10H,5-8,13H2,1-4H3,(H,14,16)/t10-/m0/s1. The van der Waals surface area contributed by atoms with Gasteiger partial charge in [-0.05, 0) is 18.8 Å². The molecule has 0 aromatic heterocycles. The molecule has 0 spiro atoms. The number of carbonyl (C=O) groups excluding carboxylic acids is 2. The summed E-state index contributed by atoms with van der Waals surface area (Å²) in [5.41, 5.74) is 5.84. The zero-order chi connectivity index (χ0) is 13.4. The van der Waals surface area contributed by atoms with Gasteiger partial charge in [0.05, 0.1) is 12.6 Å². The van der Waals surface area contributed by atoms with Gasteiger partial charge in [0.15, 0.2) is 0 Å². The lowest BCUT2D eigenvalue weighted by Gasteiger charge is -2.25. The Morgan fingerprint density at radius 2 is 1.94 bits per heavy atom. The third-order valence-electron chi connectivity index (χ3n) is 2.46. The van der Waals surface area contributed by atoms with E-state index in [1.165, 1.54) is 4.90 Å². The Morgan fingerprint density at radius 3 is 2.35 bits per heavy atom. The maximum atomic E-state index is 12.0. The smallest absolute Gasteiger partial charge is 0.239 e. The van der Waals surface area contributed by atoms with E-state index in [1.807, 2.05) is 20.8 Å². The van der Waals surface area contributed by atoms with Gasteiger partial charge < -0.3 is 16.0 Å². The third-order valence-corrected chi connectivity index (χ3v) is 2.46. The third kappa shape index (κ3) is 6.26. The van der Waals surface area contributed by atoms with Crippen molar-refractivity contribution in [2.45, 2.75) is 39.7 Å². The minimum atomic E-state index is -0.508. The lowest BCUT2D eigenvalue weighted by Crippen LogP contribution is -2.48. The van der Waals surface area contributed by atoms with Crippen molar-refractivity contribution in [3.63, 3.8) is 0 Å². The van der Waals surface area contributed by atoms with Crippen LogP contribution in [-0.4, -0.2) is 42.9 Å². The number of nitrogens with zero attached hydrogens (tertiary/aromatic N) is 1. The van der Waals surface area contributed by atoms with Gasteiger partial charge in [-0.3, -0.25) is 9.59 Å². The number of nitrogens with one attached hydrogen (secondary N) is 1.